The maximum atomic E-state index is 13.7. The number of nitrogens with one attached hydrogen (secondary N) is 4. The van der Waals surface area contributed by atoms with E-state index in [1.165, 1.54) is 12.1 Å². The molecule has 10 N–H and O–H groups in total. The van der Waals surface area contributed by atoms with E-state index >= 15 is 0 Å². The van der Waals surface area contributed by atoms with E-state index in [-0.39, 0.29) is 30.9 Å². The Bertz CT molecular complexity index is 1390. The molecular weight excluding hydrogens is 552 g/mol. The molecule has 1 heterocycles. The van der Waals surface area contributed by atoms with Gasteiger partial charge in [0.25, 0.3) is 0 Å². The van der Waals surface area contributed by atoms with Crippen LogP contribution in [0.15, 0.2) is 54.7 Å². The number of carboxylic acid groups (broad SMARTS) is 1. The molecule has 0 spiro atoms. The molecule has 232 valence electrons. The Morgan fingerprint density at radius 1 is 0.860 bits per heavy atom. The summed E-state index contributed by atoms with van der Waals surface area (Å²) in [5.74, 6) is -3.28. The number of hydrogen-bond donors (Lipinski definition) is 8. The number of aromatic amines is 1. The molecule has 3 aromatic rings. The molecule has 2 aromatic carbocycles. The summed E-state index contributed by atoms with van der Waals surface area (Å²) in [7, 11) is 0. The third-order valence-electron chi connectivity index (χ3n) is 7.27. The molecule has 3 amide bonds. The molecule has 0 saturated carbocycles. The van der Waals surface area contributed by atoms with E-state index in [9.17, 15) is 29.4 Å². The monoisotopic (exact) mass is 594 g/mol. The highest BCUT2D eigenvalue weighted by Gasteiger charge is 2.32. The Balaban J connectivity index is 1.79. The number of amides is 3. The van der Waals surface area contributed by atoms with E-state index in [1.54, 1.807) is 32.2 Å². The van der Waals surface area contributed by atoms with Crippen molar-refractivity contribution in [2.75, 3.05) is 6.54 Å². The van der Waals surface area contributed by atoms with E-state index in [0.717, 1.165) is 22.0 Å². The number of carbonyl (C=O) groups is 4. The molecular formula is C31H42N6O6. The van der Waals surface area contributed by atoms with Gasteiger partial charge in [-0.3, -0.25) is 14.4 Å². The molecule has 3 rings (SSSR count). The average molecular weight is 595 g/mol. The van der Waals surface area contributed by atoms with Gasteiger partial charge in [0, 0.05) is 23.5 Å². The van der Waals surface area contributed by atoms with Gasteiger partial charge in [0.2, 0.25) is 17.7 Å². The molecule has 0 saturated heterocycles. The minimum atomic E-state index is -1.17. The fourth-order valence-electron chi connectivity index (χ4n) is 4.79. The number of nitrogens with two attached hydrogens (primary N) is 2. The number of carboxylic acids is 1. The molecule has 0 radical (unpaired) electrons. The molecule has 12 heteroatoms. The van der Waals surface area contributed by atoms with Crippen LogP contribution in [0, 0.1) is 5.92 Å². The second-order valence-corrected chi connectivity index (χ2v) is 11.0. The van der Waals surface area contributed by atoms with Gasteiger partial charge < -0.3 is 42.6 Å². The summed E-state index contributed by atoms with van der Waals surface area (Å²) < 4.78 is 0. The van der Waals surface area contributed by atoms with Crippen LogP contribution in [0.2, 0.25) is 0 Å². The van der Waals surface area contributed by atoms with Crippen LogP contribution in [0.3, 0.4) is 0 Å². The average Bonchev–Trinajstić information content (AvgIpc) is 3.38. The Morgan fingerprint density at radius 3 is 2.19 bits per heavy atom. The Labute approximate surface area is 250 Å². The first-order chi connectivity index (χ1) is 20.5. The predicted molar refractivity (Wildman–Crippen MR) is 163 cm³/mol. The highest BCUT2D eigenvalue weighted by molar-refractivity contribution is 5.95. The van der Waals surface area contributed by atoms with Crippen molar-refractivity contribution in [3.8, 4) is 5.75 Å². The fraction of sp³-hybridized carbons (Fsp3) is 0.419. The highest BCUT2D eigenvalue weighted by atomic mass is 16.4. The van der Waals surface area contributed by atoms with E-state index in [2.05, 4.69) is 20.9 Å². The lowest BCUT2D eigenvalue weighted by atomic mass is 9.99. The van der Waals surface area contributed by atoms with Gasteiger partial charge in [-0.15, -0.1) is 0 Å². The largest absolute Gasteiger partial charge is 0.508 e. The lowest BCUT2D eigenvalue weighted by Gasteiger charge is -2.27. The van der Waals surface area contributed by atoms with Crippen molar-refractivity contribution in [3.63, 3.8) is 0 Å². The molecule has 1 aromatic heterocycles. The summed E-state index contributed by atoms with van der Waals surface area (Å²) in [6.07, 6.45) is 3.39. The molecule has 43 heavy (non-hydrogen) atoms. The van der Waals surface area contributed by atoms with Gasteiger partial charge in [-0.2, -0.15) is 0 Å². The number of aromatic nitrogens is 1. The van der Waals surface area contributed by atoms with Gasteiger partial charge in [-0.05, 0) is 67.5 Å². The summed E-state index contributed by atoms with van der Waals surface area (Å²) in [4.78, 5) is 55.0. The maximum absolute atomic E-state index is 13.7. The summed E-state index contributed by atoms with van der Waals surface area (Å²) >= 11 is 0. The molecule has 0 aliphatic carbocycles. The van der Waals surface area contributed by atoms with Crippen molar-refractivity contribution in [1.29, 1.82) is 0 Å². The smallest absolute Gasteiger partial charge is 0.326 e. The van der Waals surface area contributed by atoms with E-state index < -0.39 is 47.9 Å². The zero-order valence-electron chi connectivity index (χ0n) is 24.5. The van der Waals surface area contributed by atoms with Gasteiger partial charge in [0.15, 0.2) is 0 Å². The third kappa shape index (κ3) is 9.55. The number of carbonyl (C=O) groups excluding carboxylic acids is 3. The Morgan fingerprint density at radius 2 is 1.53 bits per heavy atom. The number of H-pyrrole nitrogens is 1. The molecule has 0 bridgehead atoms. The highest BCUT2D eigenvalue weighted by Crippen LogP contribution is 2.20. The molecule has 0 aliphatic rings. The van der Waals surface area contributed by atoms with Gasteiger partial charge in [0.05, 0.1) is 6.04 Å². The SMILES string of the molecule is CC(C)C(NC(=O)C(Cc1c[nH]c2ccccc12)NC(=O)C(N)Cc1ccc(O)cc1)C(=O)NC(CCCCN)C(=O)O. The van der Waals surface area contributed by atoms with Crippen LogP contribution in [0.5, 0.6) is 5.75 Å². The van der Waals surface area contributed by atoms with E-state index in [4.69, 9.17) is 11.5 Å². The number of rotatable bonds is 16. The van der Waals surface area contributed by atoms with Crippen LogP contribution >= 0.6 is 0 Å². The first-order valence-corrected chi connectivity index (χ1v) is 14.4. The number of aromatic hydroxyl groups is 1. The minimum Gasteiger partial charge on any atom is -0.508 e. The first-order valence-electron chi connectivity index (χ1n) is 14.4. The molecule has 12 nitrogen and oxygen atoms in total. The number of aliphatic carboxylic acids is 1. The normalized spacial score (nSPS) is 14.1. The number of benzene rings is 2. The van der Waals surface area contributed by atoms with E-state index in [1.807, 2.05) is 24.3 Å². The zero-order chi connectivity index (χ0) is 31.5. The maximum Gasteiger partial charge on any atom is 0.326 e. The number of phenolic OH excluding ortho intramolecular Hbond substituents is 1. The minimum absolute atomic E-state index is 0.0891. The van der Waals surface area contributed by atoms with Crippen molar-refractivity contribution < 1.29 is 29.4 Å². The Kier molecular flexibility index (Phi) is 12.1. The molecule has 4 atom stereocenters. The second kappa shape index (κ2) is 15.7. The second-order valence-electron chi connectivity index (χ2n) is 11.0. The number of fused-ring (bicyclic) bond motifs is 1. The first kappa shape index (κ1) is 33.1. The van der Waals surface area contributed by atoms with Crippen LogP contribution in [-0.2, 0) is 32.0 Å². The van der Waals surface area contributed by atoms with Crippen molar-refractivity contribution >= 4 is 34.6 Å². The lowest BCUT2D eigenvalue weighted by molar-refractivity contribution is -0.142. The molecule has 4 unspecified atom stereocenters. The number of unbranched alkanes of at least 4 members (excludes halogenated alkanes) is 1. The third-order valence-corrected chi connectivity index (χ3v) is 7.27. The Hall–Kier alpha value is -4.42. The van der Waals surface area contributed by atoms with Gasteiger partial charge >= 0.3 is 5.97 Å². The summed E-state index contributed by atoms with van der Waals surface area (Å²) in [6.45, 7) is 3.87. The summed E-state index contributed by atoms with van der Waals surface area (Å²) in [6, 6.07) is 9.58. The fourth-order valence-corrected chi connectivity index (χ4v) is 4.79. The van der Waals surface area contributed by atoms with Gasteiger partial charge in [-0.25, -0.2) is 4.79 Å². The zero-order valence-corrected chi connectivity index (χ0v) is 24.5. The van der Waals surface area contributed by atoms with Gasteiger partial charge in [0.1, 0.15) is 23.9 Å². The number of hydrogen-bond acceptors (Lipinski definition) is 7. The van der Waals surface area contributed by atoms with Gasteiger partial charge in [-0.1, -0.05) is 44.2 Å². The summed E-state index contributed by atoms with van der Waals surface area (Å²) in [5.41, 5.74) is 14.1. The van der Waals surface area contributed by atoms with Crippen LogP contribution in [0.1, 0.15) is 44.2 Å². The van der Waals surface area contributed by atoms with Crippen LogP contribution in [0.25, 0.3) is 10.9 Å². The predicted octanol–water partition coefficient (Wildman–Crippen LogP) is 1.31. The molecule has 0 aliphatic heterocycles. The van der Waals surface area contributed by atoms with Crippen molar-refractivity contribution in [3.05, 3.63) is 65.9 Å². The summed E-state index contributed by atoms with van der Waals surface area (Å²) in [5, 5.41) is 28.0. The van der Waals surface area contributed by atoms with Crippen molar-refractivity contribution in [2.24, 2.45) is 17.4 Å². The van der Waals surface area contributed by atoms with Crippen molar-refractivity contribution in [2.45, 2.75) is 70.1 Å². The van der Waals surface area contributed by atoms with Crippen molar-refractivity contribution in [1.82, 2.24) is 20.9 Å². The van der Waals surface area contributed by atoms with Crippen LogP contribution < -0.4 is 27.4 Å². The molecule has 0 fully saturated rings. The van der Waals surface area contributed by atoms with Crippen LogP contribution in [0.4, 0.5) is 0 Å². The van der Waals surface area contributed by atoms with Crippen LogP contribution in [-0.4, -0.2) is 69.6 Å². The quantitative estimate of drug-likeness (QED) is 0.113. The lowest BCUT2D eigenvalue weighted by Crippen LogP contribution is -2.59. The standard InChI is InChI=1S/C31H42N6O6/c1-18(2)27(30(41)35-25(31(42)43)9-5-6-14-32)37-29(40)26(16-20-17-34-24-8-4-3-7-22(20)24)36-28(39)23(33)15-19-10-12-21(38)13-11-19/h3-4,7-8,10-13,17-18,23,25-27,34,38H,5-6,9,14-16,32-33H2,1-2H3,(H,35,41)(H,36,39)(H,37,40)(H,42,43). The number of para-hydroxylation sites is 1. The van der Waals surface area contributed by atoms with E-state index in [0.29, 0.717) is 19.4 Å². The topological polar surface area (TPSA) is 213 Å². The number of phenols is 1.